The summed E-state index contributed by atoms with van der Waals surface area (Å²) in [5, 5.41) is 4.30. The summed E-state index contributed by atoms with van der Waals surface area (Å²) in [7, 11) is 1.51. The zero-order valence-electron chi connectivity index (χ0n) is 11.5. The number of carbonyl (C=O) groups excluding carboxylic acids is 1. The van der Waals surface area contributed by atoms with Crippen molar-refractivity contribution in [2.45, 2.75) is 6.42 Å². The number of hydrogen-bond acceptors (Lipinski definition) is 2. The summed E-state index contributed by atoms with van der Waals surface area (Å²) in [5.41, 5.74) is 2.41. The van der Waals surface area contributed by atoms with Gasteiger partial charge in [0.2, 0.25) is 0 Å². The average Bonchev–Trinajstić information content (AvgIpc) is 2.49. The van der Waals surface area contributed by atoms with Crippen LogP contribution in [0.2, 0.25) is 5.02 Å². The van der Waals surface area contributed by atoms with E-state index in [4.69, 9.17) is 16.3 Å². The number of alkyl halides is 1. The van der Waals surface area contributed by atoms with E-state index in [1.54, 1.807) is 18.2 Å². The lowest BCUT2D eigenvalue weighted by atomic mass is 10.1. The van der Waals surface area contributed by atoms with Crippen molar-refractivity contribution >= 4 is 39.1 Å². The van der Waals surface area contributed by atoms with Gasteiger partial charge >= 0.3 is 0 Å². The van der Waals surface area contributed by atoms with Crippen LogP contribution in [-0.2, 0) is 6.42 Å². The van der Waals surface area contributed by atoms with Crippen LogP contribution in [0.25, 0.3) is 0 Å². The summed E-state index contributed by atoms with van der Waals surface area (Å²) >= 11 is 9.29. The molecule has 3 nitrogen and oxygen atoms in total. The summed E-state index contributed by atoms with van der Waals surface area (Å²) in [6.07, 6.45) is 0.958. The maximum absolute atomic E-state index is 12.3. The highest BCUT2D eigenvalue weighted by molar-refractivity contribution is 9.09. The normalized spacial score (nSPS) is 10.2. The lowest BCUT2D eigenvalue weighted by molar-refractivity contribution is 0.102. The van der Waals surface area contributed by atoms with Gasteiger partial charge in [0.25, 0.3) is 5.91 Å². The molecule has 5 heteroatoms. The van der Waals surface area contributed by atoms with Gasteiger partial charge in [-0.05, 0) is 42.3 Å². The number of benzene rings is 2. The number of nitrogens with one attached hydrogen (secondary N) is 1. The molecule has 0 bridgehead atoms. The van der Waals surface area contributed by atoms with Crippen LogP contribution in [0.4, 0.5) is 5.69 Å². The highest BCUT2D eigenvalue weighted by atomic mass is 79.9. The molecule has 2 rings (SSSR count). The first kappa shape index (κ1) is 15.9. The van der Waals surface area contributed by atoms with Crippen molar-refractivity contribution < 1.29 is 9.53 Å². The zero-order chi connectivity index (χ0) is 15.2. The SMILES string of the molecule is COc1cc(Cl)ccc1C(=O)Nc1ccc(CCBr)cc1. The Kier molecular flexibility index (Phi) is 5.65. The molecule has 0 aliphatic heterocycles. The van der Waals surface area contributed by atoms with Crippen molar-refractivity contribution in [2.75, 3.05) is 17.8 Å². The molecule has 0 heterocycles. The van der Waals surface area contributed by atoms with Gasteiger partial charge in [-0.3, -0.25) is 4.79 Å². The summed E-state index contributed by atoms with van der Waals surface area (Å²) in [4.78, 5) is 12.3. The number of rotatable bonds is 5. The highest BCUT2D eigenvalue weighted by Gasteiger charge is 2.12. The third-order valence-electron chi connectivity index (χ3n) is 3.00. The van der Waals surface area contributed by atoms with Gasteiger partial charge in [-0.15, -0.1) is 0 Å². The van der Waals surface area contributed by atoms with Crippen molar-refractivity contribution in [1.29, 1.82) is 0 Å². The lowest BCUT2D eigenvalue weighted by Gasteiger charge is -2.10. The first-order chi connectivity index (χ1) is 10.1. The van der Waals surface area contributed by atoms with Crippen LogP contribution in [0.1, 0.15) is 15.9 Å². The molecule has 0 saturated heterocycles. The number of amides is 1. The molecule has 2 aromatic rings. The highest BCUT2D eigenvalue weighted by Crippen LogP contribution is 2.24. The average molecular weight is 369 g/mol. The summed E-state index contributed by atoms with van der Waals surface area (Å²) in [6.45, 7) is 0. The van der Waals surface area contributed by atoms with Crippen molar-refractivity contribution in [3.63, 3.8) is 0 Å². The molecular formula is C16H15BrClNO2. The Morgan fingerprint density at radius 3 is 2.57 bits per heavy atom. The van der Waals surface area contributed by atoms with Gasteiger partial charge in [-0.25, -0.2) is 0 Å². The van der Waals surface area contributed by atoms with Crippen LogP contribution in [-0.4, -0.2) is 18.3 Å². The number of carbonyl (C=O) groups is 1. The molecule has 0 radical (unpaired) electrons. The van der Waals surface area contributed by atoms with Crippen LogP contribution in [0, 0.1) is 0 Å². The molecule has 110 valence electrons. The van der Waals surface area contributed by atoms with E-state index in [9.17, 15) is 4.79 Å². The summed E-state index contributed by atoms with van der Waals surface area (Å²) in [5.74, 6) is 0.229. The molecule has 0 unspecified atom stereocenters. The fraction of sp³-hybridized carbons (Fsp3) is 0.188. The molecule has 1 N–H and O–H groups in total. The Hall–Kier alpha value is -1.52. The number of aryl methyl sites for hydroxylation is 1. The van der Waals surface area contributed by atoms with Crippen LogP contribution >= 0.6 is 27.5 Å². The van der Waals surface area contributed by atoms with Crippen LogP contribution in [0.3, 0.4) is 0 Å². The first-order valence-electron chi connectivity index (χ1n) is 6.44. The van der Waals surface area contributed by atoms with Crippen molar-refractivity contribution in [3.05, 3.63) is 58.6 Å². The van der Waals surface area contributed by atoms with E-state index in [-0.39, 0.29) is 5.91 Å². The monoisotopic (exact) mass is 367 g/mol. The minimum absolute atomic E-state index is 0.225. The largest absolute Gasteiger partial charge is 0.496 e. The van der Waals surface area contributed by atoms with E-state index in [1.807, 2.05) is 24.3 Å². The smallest absolute Gasteiger partial charge is 0.259 e. The lowest BCUT2D eigenvalue weighted by Crippen LogP contribution is -2.13. The Morgan fingerprint density at radius 2 is 1.95 bits per heavy atom. The summed E-state index contributed by atoms with van der Waals surface area (Å²) < 4.78 is 5.19. The molecular weight excluding hydrogens is 354 g/mol. The van der Waals surface area contributed by atoms with Gasteiger partial charge in [-0.1, -0.05) is 39.7 Å². The quantitative estimate of drug-likeness (QED) is 0.787. The predicted molar refractivity (Wildman–Crippen MR) is 89.9 cm³/mol. The van der Waals surface area contributed by atoms with Crippen LogP contribution in [0.5, 0.6) is 5.75 Å². The number of ether oxygens (including phenoxy) is 1. The van der Waals surface area contributed by atoms with E-state index in [0.717, 1.165) is 17.4 Å². The Labute approximate surface area is 137 Å². The van der Waals surface area contributed by atoms with Crippen LogP contribution < -0.4 is 10.1 Å². The Bertz CT molecular complexity index is 629. The van der Waals surface area contributed by atoms with E-state index in [2.05, 4.69) is 21.2 Å². The molecule has 0 atom stereocenters. The molecule has 2 aromatic carbocycles. The third kappa shape index (κ3) is 4.22. The topological polar surface area (TPSA) is 38.3 Å². The van der Waals surface area contributed by atoms with Gasteiger partial charge < -0.3 is 10.1 Å². The van der Waals surface area contributed by atoms with E-state index in [0.29, 0.717) is 16.3 Å². The fourth-order valence-electron chi connectivity index (χ4n) is 1.91. The van der Waals surface area contributed by atoms with E-state index in [1.165, 1.54) is 12.7 Å². The van der Waals surface area contributed by atoms with Crippen LogP contribution in [0.15, 0.2) is 42.5 Å². The number of anilines is 1. The maximum Gasteiger partial charge on any atom is 0.259 e. The fourth-order valence-corrected chi connectivity index (χ4v) is 2.53. The second-order valence-corrected chi connectivity index (χ2v) is 5.66. The molecule has 21 heavy (non-hydrogen) atoms. The summed E-state index contributed by atoms with van der Waals surface area (Å²) in [6, 6.07) is 12.7. The predicted octanol–water partition coefficient (Wildman–Crippen LogP) is 4.54. The molecule has 0 spiro atoms. The molecule has 0 aliphatic rings. The van der Waals surface area contributed by atoms with Crippen molar-refractivity contribution in [2.24, 2.45) is 0 Å². The standard InChI is InChI=1S/C16H15BrClNO2/c1-21-15-10-12(18)4-7-14(15)16(20)19-13-5-2-11(3-6-13)8-9-17/h2-7,10H,8-9H2,1H3,(H,19,20). The molecule has 0 fully saturated rings. The Balaban J connectivity index is 2.14. The second kappa shape index (κ2) is 7.48. The maximum atomic E-state index is 12.3. The molecule has 0 saturated carbocycles. The van der Waals surface area contributed by atoms with E-state index >= 15 is 0 Å². The van der Waals surface area contributed by atoms with Crippen molar-refractivity contribution in [3.8, 4) is 5.75 Å². The van der Waals surface area contributed by atoms with Gasteiger partial charge in [0, 0.05) is 16.0 Å². The second-order valence-electron chi connectivity index (χ2n) is 4.43. The zero-order valence-corrected chi connectivity index (χ0v) is 13.9. The van der Waals surface area contributed by atoms with Crippen molar-refractivity contribution in [1.82, 2.24) is 0 Å². The Morgan fingerprint density at radius 1 is 1.24 bits per heavy atom. The van der Waals surface area contributed by atoms with Gasteiger partial charge in [-0.2, -0.15) is 0 Å². The molecule has 0 aromatic heterocycles. The number of methoxy groups -OCH3 is 1. The number of halogens is 2. The van der Waals surface area contributed by atoms with E-state index < -0.39 is 0 Å². The molecule has 0 aliphatic carbocycles. The minimum Gasteiger partial charge on any atom is -0.496 e. The first-order valence-corrected chi connectivity index (χ1v) is 7.94. The third-order valence-corrected chi connectivity index (χ3v) is 3.63. The van der Waals surface area contributed by atoms with Gasteiger partial charge in [0.05, 0.1) is 12.7 Å². The molecule has 1 amide bonds. The van der Waals surface area contributed by atoms with Gasteiger partial charge in [0.1, 0.15) is 5.75 Å². The number of hydrogen-bond donors (Lipinski definition) is 1. The van der Waals surface area contributed by atoms with Gasteiger partial charge in [0.15, 0.2) is 0 Å². The minimum atomic E-state index is -0.225.